The van der Waals surface area contributed by atoms with Gasteiger partial charge in [0, 0.05) is 10.2 Å². The van der Waals surface area contributed by atoms with Crippen molar-refractivity contribution in [1.29, 1.82) is 0 Å². The van der Waals surface area contributed by atoms with Gasteiger partial charge >= 0.3 is 7.60 Å². The number of hydrogen-bond donors (Lipinski definition) is 1. The topological polar surface area (TPSA) is 68.4 Å². The summed E-state index contributed by atoms with van der Waals surface area (Å²) in [5.74, 6) is 0. The summed E-state index contributed by atoms with van der Waals surface area (Å²) in [6, 6.07) is 10.7. The van der Waals surface area contributed by atoms with Gasteiger partial charge < -0.3 is 14.0 Å². The van der Waals surface area contributed by atoms with Crippen LogP contribution in [-0.2, 0) is 13.6 Å². The first-order chi connectivity index (χ1) is 10.5. The van der Waals surface area contributed by atoms with Crippen LogP contribution in [0.5, 0.6) is 0 Å². The molecule has 7 heteroatoms. The molecule has 0 saturated carbocycles. The number of halogens is 1. The van der Waals surface area contributed by atoms with E-state index < -0.39 is 13.2 Å². The predicted octanol–water partition coefficient (Wildman–Crippen LogP) is 3.70. The molecule has 2 rings (SSSR count). The molecule has 0 aliphatic heterocycles. The second kappa shape index (κ2) is 7.38. The molecular formula is C15H17BrNO4P. The molecule has 22 heavy (non-hydrogen) atoms. The summed E-state index contributed by atoms with van der Waals surface area (Å²) in [5, 5.41) is 0.0231. The van der Waals surface area contributed by atoms with Crippen LogP contribution in [0.25, 0.3) is 11.3 Å². The maximum absolute atomic E-state index is 12.7. The van der Waals surface area contributed by atoms with Gasteiger partial charge in [-0.3, -0.25) is 9.36 Å². The van der Waals surface area contributed by atoms with E-state index in [4.69, 9.17) is 9.05 Å². The van der Waals surface area contributed by atoms with Crippen LogP contribution in [0.3, 0.4) is 0 Å². The summed E-state index contributed by atoms with van der Waals surface area (Å²) in [7, 11) is -3.58. The van der Waals surface area contributed by atoms with E-state index in [0.29, 0.717) is 5.69 Å². The van der Waals surface area contributed by atoms with Crippen LogP contribution in [0.2, 0.25) is 0 Å². The van der Waals surface area contributed by atoms with Gasteiger partial charge in [-0.1, -0.05) is 28.1 Å². The first-order valence-electron chi connectivity index (χ1n) is 6.89. The van der Waals surface area contributed by atoms with Crippen molar-refractivity contribution in [3.05, 3.63) is 51.2 Å². The lowest BCUT2D eigenvalue weighted by molar-refractivity contribution is 0.229. The average Bonchev–Trinajstić information content (AvgIpc) is 2.47. The van der Waals surface area contributed by atoms with Crippen molar-refractivity contribution in [3.8, 4) is 11.3 Å². The highest BCUT2D eigenvalue weighted by atomic mass is 79.9. The van der Waals surface area contributed by atoms with E-state index in [1.807, 2.05) is 24.3 Å². The van der Waals surface area contributed by atoms with Crippen molar-refractivity contribution in [2.45, 2.75) is 13.8 Å². The van der Waals surface area contributed by atoms with Crippen molar-refractivity contribution in [2.75, 3.05) is 13.2 Å². The molecule has 0 aliphatic rings. The first kappa shape index (κ1) is 17.2. The molecule has 0 aliphatic carbocycles. The van der Waals surface area contributed by atoms with Gasteiger partial charge in [0.05, 0.1) is 13.2 Å². The standard InChI is InChI=1S/C15H17BrNO4P/c1-3-20-22(19,21-4-2)14-9-8-13(17-15(14)18)11-6-5-7-12(16)10-11/h5-10H,3-4H2,1-2H3,(H,17,18). The lowest BCUT2D eigenvalue weighted by atomic mass is 10.1. The van der Waals surface area contributed by atoms with E-state index in [1.165, 1.54) is 6.07 Å². The third-order valence-corrected chi connectivity index (χ3v) is 5.55. The number of benzene rings is 1. The number of nitrogens with one attached hydrogen (secondary N) is 1. The van der Waals surface area contributed by atoms with E-state index in [2.05, 4.69) is 20.9 Å². The number of aromatic nitrogens is 1. The van der Waals surface area contributed by atoms with Crippen molar-refractivity contribution in [3.63, 3.8) is 0 Å². The number of hydrogen-bond acceptors (Lipinski definition) is 4. The van der Waals surface area contributed by atoms with Crippen LogP contribution in [0, 0.1) is 0 Å². The van der Waals surface area contributed by atoms with Crippen molar-refractivity contribution in [1.82, 2.24) is 4.98 Å². The number of rotatable bonds is 6. The summed E-state index contributed by atoms with van der Waals surface area (Å²) in [6.45, 7) is 3.81. The quantitative estimate of drug-likeness (QED) is 0.769. The van der Waals surface area contributed by atoms with E-state index >= 15 is 0 Å². The Bertz CT molecular complexity index is 749. The first-order valence-corrected chi connectivity index (χ1v) is 9.22. The van der Waals surface area contributed by atoms with Gasteiger partial charge in [-0.05, 0) is 43.7 Å². The molecule has 2 aromatic rings. The number of aromatic amines is 1. The Morgan fingerprint density at radius 2 is 1.82 bits per heavy atom. The van der Waals surface area contributed by atoms with Crippen LogP contribution in [-0.4, -0.2) is 18.2 Å². The fourth-order valence-corrected chi connectivity index (χ4v) is 4.02. The highest BCUT2D eigenvalue weighted by Crippen LogP contribution is 2.45. The SMILES string of the molecule is CCOP(=O)(OCC)c1ccc(-c2cccc(Br)c2)[nH]c1=O. The second-order valence-electron chi connectivity index (χ2n) is 4.43. The van der Waals surface area contributed by atoms with E-state index in [-0.39, 0.29) is 18.5 Å². The maximum atomic E-state index is 12.7. The Morgan fingerprint density at radius 1 is 1.14 bits per heavy atom. The second-order valence-corrected chi connectivity index (χ2v) is 7.34. The van der Waals surface area contributed by atoms with E-state index in [1.54, 1.807) is 19.9 Å². The van der Waals surface area contributed by atoms with Crippen molar-refractivity contribution < 1.29 is 13.6 Å². The normalized spacial score (nSPS) is 11.6. The van der Waals surface area contributed by atoms with Gasteiger partial charge in [-0.25, -0.2) is 0 Å². The summed E-state index contributed by atoms with van der Waals surface area (Å²) in [6.07, 6.45) is 0. The Hall–Kier alpha value is -1.20. The zero-order chi connectivity index (χ0) is 16.2. The molecule has 0 spiro atoms. The molecule has 0 atom stereocenters. The van der Waals surface area contributed by atoms with E-state index in [9.17, 15) is 9.36 Å². The minimum atomic E-state index is -3.58. The fraction of sp³-hybridized carbons (Fsp3) is 0.267. The Morgan fingerprint density at radius 3 is 2.36 bits per heavy atom. The molecule has 1 aromatic carbocycles. The van der Waals surface area contributed by atoms with Gasteiger partial charge in [-0.2, -0.15) is 0 Å². The average molecular weight is 386 g/mol. The lowest BCUT2D eigenvalue weighted by Crippen LogP contribution is -2.29. The molecule has 0 unspecified atom stereocenters. The Balaban J connectivity index is 2.46. The molecular weight excluding hydrogens is 369 g/mol. The van der Waals surface area contributed by atoms with Gasteiger partial charge in [0.2, 0.25) is 0 Å². The minimum absolute atomic E-state index is 0.0231. The zero-order valence-corrected chi connectivity index (χ0v) is 14.8. The van der Waals surface area contributed by atoms with Crippen molar-refractivity contribution >= 4 is 28.8 Å². The smallest absolute Gasteiger partial charge is 0.321 e. The van der Waals surface area contributed by atoms with Crippen LogP contribution in [0.15, 0.2) is 45.7 Å². The summed E-state index contributed by atoms with van der Waals surface area (Å²) < 4.78 is 24.0. The highest BCUT2D eigenvalue weighted by molar-refractivity contribution is 9.10. The highest BCUT2D eigenvalue weighted by Gasteiger charge is 2.30. The third-order valence-electron chi connectivity index (χ3n) is 2.92. The molecule has 118 valence electrons. The molecule has 0 amide bonds. The third kappa shape index (κ3) is 3.76. The molecule has 1 aromatic heterocycles. The molecule has 0 radical (unpaired) electrons. The summed E-state index contributed by atoms with van der Waals surface area (Å²) in [4.78, 5) is 15.0. The minimum Gasteiger partial charge on any atom is -0.321 e. The van der Waals surface area contributed by atoms with E-state index in [0.717, 1.165) is 10.0 Å². The molecule has 0 bridgehead atoms. The van der Waals surface area contributed by atoms with Crippen LogP contribution in [0.1, 0.15) is 13.8 Å². The summed E-state index contributed by atoms with van der Waals surface area (Å²) >= 11 is 3.39. The molecule has 0 fully saturated rings. The molecule has 0 saturated heterocycles. The van der Waals surface area contributed by atoms with Crippen molar-refractivity contribution in [2.24, 2.45) is 0 Å². The van der Waals surface area contributed by atoms with Gasteiger partial charge in [0.1, 0.15) is 5.30 Å². The zero-order valence-electron chi connectivity index (χ0n) is 12.3. The number of pyridine rings is 1. The lowest BCUT2D eigenvalue weighted by Gasteiger charge is -2.16. The Kier molecular flexibility index (Phi) is 5.75. The maximum Gasteiger partial charge on any atom is 0.366 e. The molecule has 1 heterocycles. The fourth-order valence-electron chi connectivity index (χ4n) is 2.02. The Labute approximate surface area is 137 Å². The summed E-state index contributed by atoms with van der Waals surface area (Å²) in [5.41, 5.74) is 1.01. The van der Waals surface area contributed by atoms with Crippen LogP contribution < -0.4 is 10.9 Å². The molecule has 1 N–H and O–H groups in total. The van der Waals surface area contributed by atoms with Crippen LogP contribution >= 0.6 is 23.5 Å². The largest absolute Gasteiger partial charge is 0.366 e. The van der Waals surface area contributed by atoms with Gasteiger partial charge in [0.25, 0.3) is 5.56 Å². The van der Waals surface area contributed by atoms with Gasteiger partial charge in [-0.15, -0.1) is 0 Å². The van der Waals surface area contributed by atoms with Gasteiger partial charge in [0.15, 0.2) is 0 Å². The number of H-pyrrole nitrogens is 1. The monoisotopic (exact) mass is 385 g/mol. The van der Waals surface area contributed by atoms with Crippen LogP contribution in [0.4, 0.5) is 0 Å². The predicted molar refractivity (Wildman–Crippen MR) is 90.7 cm³/mol. The molecule has 5 nitrogen and oxygen atoms in total.